The summed E-state index contributed by atoms with van der Waals surface area (Å²) in [5, 5.41) is 7.08. The van der Waals surface area contributed by atoms with Gasteiger partial charge >= 0.3 is 0 Å². The summed E-state index contributed by atoms with van der Waals surface area (Å²) in [6, 6.07) is 17.8. The minimum atomic E-state index is -0.255. The third-order valence-electron chi connectivity index (χ3n) is 6.37. The first-order valence-electron chi connectivity index (χ1n) is 12.1. The predicted octanol–water partition coefficient (Wildman–Crippen LogP) is 5.32. The Morgan fingerprint density at radius 3 is 2.76 bits per heavy atom. The molecular weight excluding hydrogens is 466 g/mol. The molecule has 2 heterocycles. The van der Waals surface area contributed by atoms with E-state index in [0.29, 0.717) is 17.4 Å². The maximum atomic E-state index is 11.8. The molecule has 1 aliphatic rings. The van der Waals surface area contributed by atoms with Gasteiger partial charge < -0.3 is 25.0 Å². The number of carbonyl (C=O) groups excluding carboxylic acids is 1. The number of fused-ring (bicyclic) bond motifs is 1. The van der Waals surface area contributed by atoms with Gasteiger partial charge in [0.25, 0.3) is 0 Å². The van der Waals surface area contributed by atoms with Crippen LogP contribution in [-0.4, -0.2) is 49.3 Å². The molecule has 1 saturated heterocycles. The second-order valence-electron chi connectivity index (χ2n) is 8.77. The number of ether oxygens (including phenoxy) is 2. The molecule has 8 heteroatoms. The van der Waals surface area contributed by atoms with Crippen LogP contribution in [-0.2, 0) is 9.53 Å². The Morgan fingerprint density at radius 1 is 1.14 bits per heavy atom. The van der Waals surface area contributed by atoms with Gasteiger partial charge in [-0.3, -0.25) is 4.79 Å². The SMILES string of the molecule is C=CC(=O)Nc1cccc(-c2c(C)ccc3cnc(Nc4ccc(N5CCOCC5)cc4OC)nc23)c1. The van der Waals surface area contributed by atoms with Crippen molar-refractivity contribution in [1.82, 2.24) is 9.97 Å². The van der Waals surface area contributed by atoms with Gasteiger partial charge in [0.15, 0.2) is 0 Å². The monoisotopic (exact) mass is 495 g/mol. The number of aryl methyl sites for hydroxylation is 1. The van der Waals surface area contributed by atoms with Gasteiger partial charge in [-0.15, -0.1) is 0 Å². The standard InChI is InChI=1S/C29H29N5O3/c1-4-26(35)31-22-7-5-6-20(16-22)27-19(2)8-9-21-18-30-29(33-28(21)27)32-24-11-10-23(17-25(24)36-3)34-12-14-37-15-13-34/h4-11,16-18H,1,12-15H2,2-3H3,(H,31,35)(H,30,32,33). The highest BCUT2D eigenvalue weighted by Crippen LogP contribution is 2.35. The lowest BCUT2D eigenvalue weighted by molar-refractivity contribution is -0.111. The van der Waals surface area contributed by atoms with E-state index in [1.54, 1.807) is 7.11 Å². The third-order valence-corrected chi connectivity index (χ3v) is 6.37. The predicted molar refractivity (Wildman–Crippen MR) is 148 cm³/mol. The van der Waals surface area contributed by atoms with E-state index in [4.69, 9.17) is 14.5 Å². The number of amides is 1. The van der Waals surface area contributed by atoms with Crippen molar-refractivity contribution in [2.45, 2.75) is 6.92 Å². The lowest BCUT2D eigenvalue weighted by Gasteiger charge is -2.29. The first-order chi connectivity index (χ1) is 18.1. The number of hydrogen-bond acceptors (Lipinski definition) is 7. The second-order valence-corrected chi connectivity index (χ2v) is 8.77. The highest BCUT2D eigenvalue weighted by atomic mass is 16.5. The molecule has 37 heavy (non-hydrogen) atoms. The van der Waals surface area contributed by atoms with E-state index >= 15 is 0 Å². The summed E-state index contributed by atoms with van der Waals surface area (Å²) in [4.78, 5) is 23.5. The van der Waals surface area contributed by atoms with Gasteiger partial charge in [-0.2, -0.15) is 0 Å². The van der Waals surface area contributed by atoms with Crippen molar-refractivity contribution < 1.29 is 14.3 Å². The van der Waals surface area contributed by atoms with Gasteiger partial charge in [-0.05, 0) is 48.4 Å². The van der Waals surface area contributed by atoms with Gasteiger partial charge in [0, 0.05) is 47.7 Å². The number of carbonyl (C=O) groups is 1. The highest BCUT2D eigenvalue weighted by Gasteiger charge is 2.16. The molecule has 0 aliphatic carbocycles. The molecule has 1 aromatic heterocycles. The number of rotatable bonds is 7. The Bertz CT molecular complexity index is 1460. The van der Waals surface area contributed by atoms with Crippen molar-refractivity contribution in [3.8, 4) is 16.9 Å². The smallest absolute Gasteiger partial charge is 0.247 e. The van der Waals surface area contributed by atoms with Crippen LogP contribution < -0.4 is 20.3 Å². The van der Waals surface area contributed by atoms with E-state index in [0.717, 1.165) is 65.3 Å². The van der Waals surface area contributed by atoms with E-state index in [1.807, 2.05) is 55.6 Å². The first kappa shape index (κ1) is 24.3. The molecule has 5 rings (SSSR count). The zero-order chi connectivity index (χ0) is 25.8. The molecule has 188 valence electrons. The number of nitrogens with one attached hydrogen (secondary N) is 2. The summed E-state index contributed by atoms with van der Waals surface area (Å²) < 4.78 is 11.2. The molecule has 0 bridgehead atoms. The summed E-state index contributed by atoms with van der Waals surface area (Å²) >= 11 is 0. The number of methoxy groups -OCH3 is 1. The van der Waals surface area contributed by atoms with E-state index in [-0.39, 0.29) is 5.91 Å². The number of anilines is 4. The molecule has 1 amide bonds. The Balaban J connectivity index is 1.49. The van der Waals surface area contributed by atoms with Crippen LogP contribution in [0, 0.1) is 6.92 Å². The van der Waals surface area contributed by atoms with Crippen molar-refractivity contribution >= 4 is 39.8 Å². The fourth-order valence-electron chi connectivity index (χ4n) is 4.49. The normalized spacial score (nSPS) is 13.3. The maximum Gasteiger partial charge on any atom is 0.247 e. The summed E-state index contributed by atoms with van der Waals surface area (Å²) in [5.41, 5.74) is 6.37. The number of morpholine rings is 1. The molecule has 2 N–H and O–H groups in total. The molecule has 1 fully saturated rings. The van der Waals surface area contributed by atoms with E-state index < -0.39 is 0 Å². The average Bonchev–Trinajstić information content (AvgIpc) is 2.93. The van der Waals surface area contributed by atoms with Crippen LogP contribution in [0.4, 0.5) is 23.0 Å². The molecule has 8 nitrogen and oxygen atoms in total. The van der Waals surface area contributed by atoms with Crippen LogP contribution in [0.15, 0.2) is 73.4 Å². The summed E-state index contributed by atoms with van der Waals surface area (Å²) in [6.07, 6.45) is 3.06. The first-order valence-corrected chi connectivity index (χ1v) is 12.1. The van der Waals surface area contributed by atoms with Crippen LogP contribution in [0.5, 0.6) is 5.75 Å². The number of benzene rings is 3. The zero-order valence-electron chi connectivity index (χ0n) is 21.0. The molecular formula is C29H29N5O3. The number of nitrogens with zero attached hydrogens (tertiary/aromatic N) is 3. The second kappa shape index (κ2) is 10.7. The Kier molecular flexibility index (Phi) is 7.00. The van der Waals surface area contributed by atoms with Crippen LogP contribution in [0.25, 0.3) is 22.0 Å². The largest absolute Gasteiger partial charge is 0.494 e. The molecule has 0 spiro atoms. The van der Waals surface area contributed by atoms with Crippen molar-refractivity contribution in [2.75, 3.05) is 48.9 Å². The van der Waals surface area contributed by atoms with Gasteiger partial charge in [-0.1, -0.05) is 30.8 Å². The molecule has 3 aromatic carbocycles. The zero-order valence-corrected chi connectivity index (χ0v) is 21.0. The van der Waals surface area contributed by atoms with Gasteiger partial charge in [0.1, 0.15) is 5.75 Å². The quantitative estimate of drug-likeness (QED) is 0.336. The number of aromatic nitrogens is 2. The minimum Gasteiger partial charge on any atom is -0.494 e. The summed E-state index contributed by atoms with van der Waals surface area (Å²) in [7, 11) is 1.66. The van der Waals surface area contributed by atoms with Crippen LogP contribution in [0.1, 0.15) is 5.56 Å². The minimum absolute atomic E-state index is 0.255. The lowest BCUT2D eigenvalue weighted by Crippen LogP contribution is -2.36. The number of hydrogen-bond donors (Lipinski definition) is 2. The van der Waals surface area contributed by atoms with Crippen molar-refractivity contribution in [3.63, 3.8) is 0 Å². The van der Waals surface area contributed by atoms with Crippen molar-refractivity contribution in [2.24, 2.45) is 0 Å². The van der Waals surface area contributed by atoms with Gasteiger partial charge in [0.05, 0.1) is 31.5 Å². The van der Waals surface area contributed by atoms with Crippen LogP contribution in [0.2, 0.25) is 0 Å². The summed E-state index contributed by atoms with van der Waals surface area (Å²) in [5.74, 6) is 0.921. The van der Waals surface area contributed by atoms with Crippen molar-refractivity contribution in [3.05, 3.63) is 79.0 Å². The van der Waals surface area contributed by atoms with E-state index in [2.05, 4.69) is 39.2 Å². The maximum absolute atomic E-state index is 11.8. The molecule has 0 saturated carbocycles. The van der Waals surface area contributed by atoms with Crippen LogP contribution >= 0.6 is 0 Å². The Morgan fingerprint density at radius 2 is 1.97 bits per heavy atom. The molecule has 1 aliphatic heterocycles. The summed E-state index contributed by atoms with van der Waals surface area (Å²) in [6.45, 7) is 8.72. The highest BCUT2D eigenvalue weighted by molar-refractivity contribution is 6.00. The topological polar surface area (TPSA) is 88.6 Å². The van der Waals surface area contributed by atoms with Crippen molar-refractivity contribution in [1.29, 1.82) is 0 Å². The third kappa shape index (κ3) is 5.24. The molecule has 0 atom stereocenters. The van der Waals surface area contributed by atoms with Gasteiger partial charge in [-0.25, -0.2) is 9.97 Å². The Labute approximate surface area is 216 Å². The lowest BCUT2D eigenvalue weighted by atomic mass is 9.97. The van der Waals surface area contributed by atoms with E-state index in [9.17, 15) is 4.79 Å². The molecule has 0 radical (unpaired) electrons. The molecule has 0 unspecified atom stereocenters. The van der Waals surface area contributed by atoms with E-state index in [1.165, 1.54) is 6.08 Å². The fraction of sp³-hybridized carbons (Fsp3) is 0.207. The van der Waals surface area contributed by atoms with Gasteiger partial charge in [0.2, 0.25) is 11.9 Å². The average molecular weight is 496 g/mol. The molecule has 4 aromatic rings. The Hall–Kier alpha value is -4.43. The fourth-order valence-corrected chi connectivity index (χ4v) is 4.49. The van der Waals surface area contributed by atoms with Crippen LogP contribution in [0.3, 0.4) is 0 Å².